The molecule has 5 rings (SSSR count). The van der Waals surface area contributed by atoms with Crippen molar-refractivity contribution in [2.75, 3.05) is 20.1 Å². The van der Waals surface area contributed by atoms with Gasteiger partial charge < -0.3 is 9.47 Å². The van der Waals surface area contributed by atoms with Crippen LogP contribution >= 0.6 is 0 Å². The van der Waals surface area contributed by atoms with Crippen LogP contribution in [0.3, 0.4) is 0 Å². The Balaban J connectivity index is 1.50. The molecule has 2 fully saturated rings. The van der Waals surface area contributed by atoms with Crippen LogP contribution in [0.15, 0.2) is 24.3 Å². The van der Waals surface area contributed by atoms with E-state index in [0.717, 1.165) is 69.8 Å². The minimum Gasteiger partial charge on any atom is -0.332 e. The second kappa shape index (κ2) is 7.20. The zero-order chi connectivity index (χ0) is 20.0. The molecule has 3 aliphatic rings. The number of hydrogen-bond donors (Lipinski definition) is 0. The fraction of sp³-hybridized carbons (Fsp3) is 0.591. The number of fused-ring (bicyclic) bond motifs is 1. The van der Waals surface area contributed by atoms with Gasteiger partial charge >= 0.3 is 0 Å². The molecule has 0 bridgehead atoms. The van der Waals surface area contributed by atoms with Crippen molar-refractivity contribution < 1.29 is 9.18 Å². The molecule has 1 unspecified atom stereocenters. The van der Waals surface area contributed by atoms with Gasteiger partial charge in [-0.1, -0.05) is 31.0 Å². The smallest absolute Gasteiger partial charge is 0.233 e. The van der Waals surface area contributed by atoms with Gasteiger partial charge in [0, 0.05) is 25.2 Å². The summed E-state index contributed by atoms with van der Waals surface area (Å²) in [5.41, 5.74) is -0.170. The summed E-state index contributed by atoms with van der Waals surface area (Å²) in [6.07, 6.45) is 5.22. The monoisotopic (exact) mass is 397 g/mol. The van der Waals surface area contributed by atoms with Crippen LogP contribution in [0, 0.1) is 5.82 Å². The van der Waals surface area contributed by atoms with Crippen LogP contribution in [-0.2, 0) is 23.3 Å². The lowest BCUT2D eigenvalue weighted by atomic mass is 9.77. The maximum absolute atomic E-state index is 14.8. The number of nitrogens with zero attached hydrogens (tertiary/aromatic N) is 5. The van der Waals surface area contributed by atoms with Gasteiger partial charge in [-0.25, -0.2) is 4.39 Å². The molecule has 0 spiro atoms. The Morgan fingerprint density at radius 1 is 1.10 bits per heavy atom. The molecule has 0 radical (unpaired) electrons. The predicted octanol–water partition coefficient (Wildman–Crippen LogP) is 3.04. The van der Waals surface area contributed by atoms with Crippen LogP contribution in [0.1, 0.15) is 61.8 Å². The van der Waals surface area contributed by atoms with Crippen LogP contribution in [-0.4, -0.2) is 50.6 Å². The number of rotatable bonds is 3. The van der Waals surface area contributed by atoms with Gasteiger partial charge in [-0.3, -0.25) is 9.69 Å². The third-order valence-electron chi connectivity index (χ3n) is 7.04. The van der Waals surface area contributed by atoms with Crippen molar-refractivity contribution in [3.8, 4) is 0 Å². The van der Waals surface area contributed by atoms with Gasteiger partial charge in [0.15, 0.2) is 5.82 Å². The molecule has 7 heteroatoms. The van der Waals surface area contributed by atoms with Crippen molar-refractivity contribution in [1.82, 2.24) is 24.6 Å². The topological polar surface area (TPSA) is 54.3 Å². The fourth-order valence-corrected chi connectivity index (χ4v) is 5.53. The molecular formula is C22H28FN5O. The molecule has 3 heterocycles. The summed E-state index contributed by atoms with van der Waals surface area (Å²) >= 11 is 0. The van der Waals surface area contributed by atoms with Gasteiger partial charge in [-0.05, 0) is 38.8 Å². The van der Waals surface area contributed by atoms with Gasteiger partial charge in [-0.2, -0.15) is 0 Å². The number of aromatic nitrogens is 3. The molecular weight excluding hydrogens is 369 g/mol. The number of carbonyl (C=O) groups excluding carboxylic acids is 1. The Bertz CT molecular complexity index is 920. The predicted molar refractivity (Wildman–Crippen MR) is 107 cm³/mol. The quantitative estimate of drug-likeness (QED) is 0.799. The molecule has 1 aromatic carbocycles. The van der Waals surface area contributed by atoms with Crippen molar-refractivity contribution in [3.63, 3.8) is 0 Å². The zero-order valence-corrected chi connectivity index (χ0v) is 17.0. The highest BCUT2D eigenvalue weighted by molar-refractivity contribution is 5.89. The highest BCUT2D eigenvalue weighted by atomic mass is 19.1. The van der Waals surface area contributed by atoms with Crippen molar-refractivity contribution >= 4 is 5.91 Å². The molecule has 154 valence electrons. The van der Waals surface area contributed by atoms with Crippen LogP contribution in [0.4, 0.5) is 4.39 Å². The summed E-state index contributed by atoms with van der Waals surface area (Å²) in [5.74, 6) is 1.69. The summed E-state index contributed by atoms with van der Waals surface area (Å²) in [6, 6.07) is 6.77. The number of likely N-dealkylation sites (N-methyl/N-ethyl adjacent to an activating group) is 1. The second-order valence-corrected chi connectivity index (χ2v) is 8.79. The second-order valence-electron chi connectivity index (χ2n) is 8.79. The van der Waals surface area contributed by atoms with E-state index < -0.39 is 5.41 Å². The third-order valence-corrected chi connectivity index (χ3v) is 7.04. The maximum atomic E-state index is 14.8. The highest BCUT2D eigenvalue weighted by Gasteiger charge is 2.49. The number of hydrogen-bond acceptors (Lipinski definition) is 4. The zero-order valence-electron chi connectivity index (χ0n) is 17.0. The highest BCUT2D eigenvalue weighted by Crippen LogP contribution is 2.46. The molecule has 2 aromatic rings. The van der Waals surface area contributed by atoms with E-state index in [1.807, 2.05) is 11.0 Å². The molecule has 1 aromatic heterocycles. The van der Waals surface area contributed by atoms with Crippen molar-refractivity contribution in [3.05, 3.63) is 47.3 Å². The molecule has 1 atom stereocenters. The van der Waals surface area contributed by atoms with E-state index in [0.29, 0.717) is 12.1 Å². The number of likely N-dealkylation sites (tertiary alicyclic amines) is 1. The summed E-state index contributed by atoms with van der Waals surface area (Å²) < 4.78 is 17.0. The van der Waals surface area contributed by atoms with E-state index in [9.17, 15) is 9.18 Å². The van der Waals surface area contributed by atoms with Crippen molar-refractivity contribution in [2.24, 2.45) is 0 Å². The largest absolute Gasteiger partial charge is 0.332 e. The Morgan fingerprint density at radius 2 is 1.90 bits per heavy atom. The van der Waals surface area contributed by atoms with Gasteiger partial charge in [-0.15, -0.1) is 10.2 Å². The van der Waals surface area contributed by atoms with Gasteiger partial charge in [0.2, 0.25) is 5.91 Å². The first kappa shape index (κ1) is 18.7. The van der Waals surface area contributed by atoms with E-state index in [4.69, 9.17) is 0 Å². The first-order chi connectivity index (χ1) is 14.1. The first-order valence-electron chi connectivity index (χ1n) is 10.8. The molecule has 1 saturated heterocycles. The molecule has 0 N–H and O–H groups in total. The molecule has 1 saturated carbocycles. The lowest BCUT2D eigenvalue weighted by Crippen LogP contribution is -2.46. The van der Waals surface area contributed by atoms with Crippen LogP contribution in [0.25, 0.3) is 0 Å². The summed E-state index contributed by atoms with van der Waals surface area (Å²) in [5, 5.41) is 8.91. The lowest BCUT2D eigenvalue weighted by molar-refractivity contribution is -0.138. The van der Waals surface area contributed by atoms with Gasteiger partial charge in [0.25, 0.3) is 0 Å². The van der Waals surface area contributed by atoms with E-state index in [-0.39, 0.29) is 17.8 Å². The van der Waals surface area contributed by atoms with E-state index in [1.54, 1.807) is 12.1 Å². The number of carbonyl (C=O) groups is 1. The Hall–Kier alpha value is -2.28. The molecule has 2 aliphatic heterocycles. The number of halogens is 1. The van der Waals surface area contributed by atoms with Gasteiger partial charge in [0.05, 0.1) is 18.0 Å². The minimum absolute atomic E-state index is 0.0589. The maximum Gasteiger partial charge on any atom is 0.233 e. The fourth-order valence-electron chi connectivity index (χ4n) is 5.53. The number of amides is 1. The average Bonchev–Trinajstić information content (AvgIpc) is 3.46. The lowest BCUT2D eigenvalue weighted by Gasteiger charge is -2.36. The Morgan fingerprint density at radius 3 is 2.69 bits per heavy atom. The van der Waals surface area contributed by atoms with Crippen LogP contribution in [0.5, 0.6) is 0 Å². The van der Waals surface area contributed by atoms with Crippen LogP contribution in [0.2, 0.25) is 0 Å². The SMILES string of the molecule is CN1CCn2c(nnc2C2CCCN2C(=O)C2(c3ccccc3F)CCCC2)C1. The van der Waals surface area contributed by atoms with Crippen LogP contribution < -0.4 is 0 Å². The molecule has 6 nitrogen and oxygen atoms in total. The summed E-state index contributed by atoms with van der Waals surface area (Å²) in [4.78, 5) is 18.2. The average molecular weight is 397 g/mol. The van der Waals surface area contributed by atoms with E-state index in [2.05, 4.69) is 26.7 Å². The van der Waals surface area contributed by atoms with Crippen molar-refractivity contribution in [1.29, 1.82) is 0 Å². The number of benzene rings is 1. The van der Waals surface area contributed by atoms with Gasteiger partial charge in [0.1, 0.15) is 11.6 Å². The summed E-state index contributed by atoms with van der Waals surface area (Å²) in [7, 11) is 2.08. The molecule has 1 amide bonds. The molecule has 29 heavy (non-hydrogen) atoms. The third kappa shape index (κ3) is 2.98. The normalized spacial score (nSPS) is 24.1. The first-order valence-corrected chi connectivity index (χ1v) is 10.8. The van der Waals surface area contributed by atoms with Crippen molar-refractivity contribution in [2.45, 2.75) is 63.1 Å². The standard InChI is InChI=1S/C22H28FN5O/c1-26-13-14-28-19(15-26)24-25-20(28)18-9-6-12-27(18)21(29)22(10-4-5-11-22)16-7-2-3-8-17(16)23/h2-3,7-8,18H,4-6,9-15H2,1H3. The summed E-state index contributed by atoms with van der Waals surface area (Å²) in [6.45, 7) is 3.30. The Kier molecular flexibility index (Phi) is 4.65. The molecule has 1 aliphatic carbocycles. The Labute approximate surface area is 170 Å². The van der Waals surface area contributed by atoms with E-state index >= 15 is 0 Å². The van der Waals surface area contributed by atoms with E-state index in [1.165, 1.54) is 6.07 Å². The minimum atomic E-state index is -0.737.